The quantitative estimate of drug-likeness (QED) is 0.614. The van der Waals surface area contributed by atoms with Crippen LogP contribution in [-0.2, 0) is 0 Å². The molecule has 0 aliphatic rings. The molecular formula is C6H16Sb. The van der Waals surface area contributed by atoms with Gasteiger partial charge < -0.3 is 0 Å². The molecule has 0 unspecified atom stereocenters. The van der Waals surface area contributed by atoms with Gasteiger partial charge in [-0.1, -0.05) is 0 Å². The van der Waals surface area contributed by atoms with Gasteiger partial charge in [0.25, 0.3) is 0 Å². The molecule has 0 spiro atoms. The molecule has 0 aromatic heterocycles. The van der Waals surface area contributed by atoms with Crippen LogP contribution >= 0.6 is 0 Å². The predicted molar refractivity (Wildman–Crippen MR) is 38.4 cm³/mol. The normalized spacial score (nSPS) is 12.0. The van der Waals surface area contributed by atoms with Crippen LogP contribution in [0.1, 0.15) is 13.8 Å². The second-order valence-electron chi connectivity index (χ2n) is 2.57. The third kappa shape index (κ3) is 3.40. The second kappa shape index (κ2) is 2.97. The van der Waals surface area contributed by atoms with E-state index in [4.69, 9.17) is 0 Å². The van der Waals surface area contributed by atoms with E-state index in [9.17, 15) is 0 Å². The van der Waals surface area contributed by atoms with Crippen LogP contribution in [0.4, 0.5) is 0 Å². The first-order valence-electron chi connectivity index (χ1n) is 2.94. The summed E-state index contributed by atoms with van der Waals surface area (Å²) in [5.74, 6) is 0. The Morgan fingerprint density at radius 2 is 1.29 bits per heavy atom. The molecule has 1 radical (unpaired) electrons. The summed E-state index contributed by atoms with van der Waals surface area (Å²) < 4.78 is 2.99. The van der Waals surface area contributed by atoms with Crippen LogP contribution in [0, 0.1) is 0 Å². The van der Waals surface area contributed by atoms with Crippen molar-refractivity contribution >= 4 is 18.8 Å². The first-order valence-corrected chi connectivity index (χ1v) is 11.7. The minimum absolute atomic E-state index is 1.19. The summed E-state index contributed by atoms with van der Waals surface area (Å²) in [5, 5.41) is 0. The average molecular weight is 210 g/mol. The van der Waals surface area contributed by atoms with Gasteiger partial charge in [-0.05, 0) is 0 Å². The van der Waals surface area contributed by atoms with Crippen LogP contribution in [0.25, 0.3) is 0 Å². The zero-order chi connectivity index (χ0) is 5.91. The fourth-order valence-corrected chi connectivity index (χ4v) is 1.50. The molecule has 0 nitrogen and oxygen atoms in total. The third-order valence-electron chi connectivity index (χ3n) is 1.71. The molecule has 0 aliphatic heterocycles. The fraction of sp³-hybridized carbons (Fsp3) is 1.00. The number of rotatable bonds is 2. The zero-order valence-corrected chi connectivity index (χ0v) is 8.41. The van der Waals surface area contributed by atoms with Crippen LogP contribution < -0.4 is 0 Å². The molecule has 0 saturated carbocycles. The summed E-state index contributed by atoms with van der Waals surface area (Å²) in [6.45, 7) is 4.66. The van der Waals surface area contributed by atoms with E-state index in [0.717, 1.165) is 0 Å². The monoisotopic (exact) mass is 209 g/mol. The van der Waals surface area contributed by atoms with E-state index >= 15 is 0 Å². The molecule has 0 atom stereocenters. The van der Waals surface area contributed by atoms with Crippen molar-refractivity contribution in [3.8, 4) is 0 Å². The molecular weight excluding hydrogens is 194 g/mol. The van der Waals surface area contributed by atoms with Gasteiger partial charge in [-0.3, -0.25) is 0 Å². The van der Waals surface area contributed by atoms with E-state index in [2.05, 4.69) is 23.6 Å². The summed E-state index contributed by atoms with van der Waals surface area (Å²) in [6, 6.07) is 0. The van der Waals surface area contributed by atoms with Gasteiger partial charge in [0, 0.05) is 0 Å². The van der Waals surface area contributed by atoms with E-state index < -0.39 is 18.8 Å². The second-order valence-corrected chi connectivity index (χ2v) is 17.2. The third-order valence-corrected chi connectivity index (χ3v) is 11.5. The molecule has 0 rings (SSSR count). The summed E-state index contributed by atoms with van der Waals surface area (Å²) in [5.41, 5.74) is 0. The molecule has 1 heteroatoms. The van der Waals surface area contributed by atoms with Crippen LogP contribution in [0.15, 0.2) is 0 Å². The molecule has 0 bridgehead atoms. The molecule has 0 heterocycles. The van der Waals surface area contributed by atoms with Gasteiger partial charge in [-0.15, -0.1) is 0 Å². The summed E-state index contributed by atoms with van der Waals surface area (Å²) in [6.07, 6.45) is 0. The van der Waals surface area contributed by atoms with Crippen molar-refractivity contribution in [2.75, 3.05) is 0 Å². The van der Waals surface area contributed by atoms with Crippen molar-refractivity contribution in [3.63, 3.8) is 0 Å². The summed E-state index contributed by atoms with van der Waals surface area (Å²) >= 11 is -1.19. The Morgan fingerprint density at radius 3 is 1.29 bits per heavy atom. The fourth-order valence-electron chi connectivity index (χ4n) is 0.224. The first kappa shape index (κ1) is 7.82. The molecule has 0 N–H and O–H groups in total. The van der Waals surface area contributed by atoms with Crippen LogP contribution in [0.3, 0.4) is 0 Å². The van der Waals surface area contributed by atoms with Crippen molar-refractivity contribution in [2.45, 2.75) is 32.3 Å². The minimum atomic E-state index is -1.19. The van der Waals surface area contributed by atoms with Crippen molar-refractivity contribution in [2.24, 2.45) is 0 Å². The molecule has 0 amide bonds. The van der Waals surface area contributed by atoms with Crippen molar-refractivity contribution in [1.29, 1.82) is 0 Å². The van der Waals surface area contributed by atoms with Gasteiger partial charge in [0.15, 0.2) is 0 Å². The van der Waals surface area contributed by atoms with Gasteiger partial charge in [-0.25, -0.2) is 0 Å². The summed E-state index contributed by atoms with van der Waals surface area (Å²) in [7, 11) is 0. The van der Waals surface area contributed by atoms with E-state index in [1.165, 1.54) is 8.73 Å². The van der Waals surface area contributed by atoms with Gasteiger partial charge in [0.1, 0.15) is 0 Å². The standard InChI is InChI=1S/2C2H5.2CH3.Sb/c2*1-2;;;/h2*1H2,2H3;2*1H3;. The average Bonchev–Trinajstić information content (AvgIpc) is 1.68. The SMILES string of the molecule is C[CH2][Sb]([CH3])([CH3])[CH2]C. The Labute approximate surface area is 51.3 Å². The Kier molecular flexibility index (Phi) is 3.32. The van der Waals surface area contributed by atoms with Gasteiger partial charge in [-0.2, -0.15) is 0 Å². The van der Waals surface area contributed by atoms with E-state index in [0.29, 0.717) is 0 Å². The van der Waals surface area contributed by atoms with E-state index in [-0.39, 0.29) is 0 Å². The van der Waals surface area contributed by atoms with Crippen LogP contribution in [-0.4, -0.2) is 18.8 Å². The summed E-state index contributed by atoms with van der Waals surface area (Å²) in [4.78, 5) is 5.00. The molecule has 0 aliphatic carbocycles. The molecule has 0 fully saturated rings. The maximum atomic E-state index is 2.50. The molecule has 0 saturated heterocycles. The van der Waals surface area contributed by atoms with Crippen LogP contribution in [0.5, 0.6) is 0 Å². The Hall–Kier alpha value is 0.818. The van der Waals surface area contributed by atoms with Gasteiger partial charge >= 0.3 is 51.1 Å². The molecule has 45 valence electrons. The topological polar surface area (TPSA) is 0 Å². The molecule has 0 aromatic carbocycles. The Morgan fingerprint density at radius 1 is 1.00 bits per heavy atom. The van der Waals surface area contributed by atoms with Crippen molar-refractivity contribution in [1.82, 2.24) is 0 Å². The van der Waals surface area contributed by atoms with Gasteiger partial charge in [0.05, 0.1) is 0 Å². The molecule has 0 aromatic rings. The van der Waals surface area contributed by atoms with Gasteiger partial charge in [0.2, 0.25) is 0 Å². The first-order chi connectivity index (χ1) is 3.12. The maximum absolute atomic E-state index is 2.50. The zero-order valence-electron chi connectivity index (χ0n) is 5.86. The van der Waals surface area contributed by atoms with E-state index in [1.54, 1.807) is 0 Å². The van der Waals surface area contributed by atoms with Crippen LogP contribution in [0.2, 0.25) is 18.5 Å². The van der Waals surface area contributed by atoms with Crippen molar-refractivity contribution < 1.29 is 0 Å². The number of hydrogen-bond donors (Lipinski definition) is 0. The predicted octanol–water partition coefficient (Wildman–Crippen LogP) is 2.73. The molecule has 7 heavy (non-hydrogen) atoms. The Balaban J connectivity index is 3.36. The Bertz CT molecular complexity index is 42.1. The van der Waals surface area contributed by atoms with E-state index in [1.807, 2.05) is 0 Å². The van der Waals surface area contributed by atoms with Crippen molar-refractivity contribution in [3.05, 3.63) is 0 Å². The number of hydrogen-bond acceptors (Lipinski definition) is 0.